The second kappa shape index (κ2) is 22.2. The number of piperidine rings is 1. The van der Waals surface area contributed by atoms with Crippen molar-refractivity contribution in [1.29, 1.82) is 0 Å². The van der Waals surface area contributed by atoms with Crippen molar-refractivity contribution >= 4 is 82.9 Å². The highest BCUT2D eigenvalue weighted by Crippen LogP contribution is 2.44. The third-order valence-electron chi connectivity index (χ3n) is 14.2. The summed E-state index contributed by atoms with van der Waals surface area (Å²) in [5.74, 6) is -0.560. The van der Waals surface area contributed by atoms with Gasteiger partial charge >= 0.3 is 6.09 Å². The van der Waals surface area contributed by atoms with Gasteiger partial charge < -0.3 is 29.3 Å². The Morgan fingerprint density at radius 1 is 0.959 bits per heavy atom. The fraction of sp³-hybridized carbons (Fsp3) is 0.463. The Labute approximate surface area is 441 Å². The smallest absolute Gasteiger partial charge is 0.413 e. The van der Waals surface area contributed by atoms with Gasteiger partial charge in [0, 0.05) is 86.9 Å². The Balaban J connectivity index is 0.978. The van der Waals surface area contributed by atoms with Crippen LogP contribution in [0.5, 0.6) is 11.5 Å². The number of carbonyl (C=O) groups excluding carboxylic acids is 2. The average Bonchev–Trinajstić information content (AvgIpc) is 3.76. The third kappa shape index (κ3) is 12.8. The van der Waals surface area contributed by atoms with Gasteiger partial charge in [0.25, 0.3) is 21.6 Å². The Kier molecular flexibility index (Phi) is 15.9. The Morgan fingerprint density at radius 3 is 2.38 bits per heavy atom. The lowest BCUT2D eigenvalue weighted by atomic mass is 9.72. The molecule has 17 nitrogen and oxygen atoms in total. The summed E-state index contributed by atoms with van der Waals surface area (Å²) in [5.41, 5.74) is 4.82. The summed E-state index contributed by atoms with van der Waals surface area (Å²) < 4.78 is 48.8. The van der Waals surface area contributed by atoms with Crippen molar-refractivity contribution in [1.82, 2.24) is 19.9 Å². The number of hydrogen-bond donors (Lipinski definition) is 3. The van der Waals surface area contributed by atoms with Gasteiger partial charge in [-0.1, -0.05) is 54.5 Å². The van der Waals surface area contributed by atoms with E-state index in [0.29, 0.717) is 71.0 Å². The van der Waals surface area contributed by atoms with E-state index >= 15 is 0 Å². The van der Waals surface area contributed by atoms with Crippen LogP contribution in [-0.2, 0) is 19.5 Å². The van der Waals surface area contributed by atoms with E-state index in [0.717, 1.165) is 76.6 Å². The monoisotopic (exact) mass is 1070 g/mol. The second-order valence-electron chi connectivity index (χ2n) is 21.3. The lowest BCUT2D eigenvalue weighted by Gasteiger charge is -2.43. The number of nitro benzene ring substituents is 1. The predicted octanol–water partition coefficient (Wildman–Crippen LogP) is 10.6. The molecule has 4 heterocycles. The third-order valence-corrected chi connectivity index (χ3v) is 16.7. The van der Waals surface area contributed by atoms with Gasteiger partial charge in [0.15, 0.2) is 5.13 Å². The number of carbonyl (C=O) groups is 2. The van der Waals surface area contributed by atoms with Crippen LogP contribution in [-0.4, -0.2) is 112 Å². The number of halogens is 1. The van der Waals surface area contributed by atoms with E-state index in [1.165, 1.54) is 40.2 Å². The summed E-state index contributed by atoms with van der Waals surface area (Å²) in [6.07, 6.45) is 5.41. The lowest BCUT2D eigenvalue weighted by Crippen LogP contribution is -2.50. The predicted molar refractivity (Wildman–Crippen MR) is 291 cm³/mol. The summed E-state index contributed by atoms with van der Waals surface area (Å²) >= 11 is 7.49. The number of benzene rings is 4. The maximum atomic E-state index is 14.4. The number of rotatable bonds is 14. The molecule has 9 rings (SSSR count). The zero-order valence-electron chi connectivity index (χ0n) is 42.6. The van der Waals surface area contributed by atoms with Crippen molar-refractivity contribution in [3.8, 4) is 11.5 Å². The molecule has 20 heteroatoms. The fourth-order valence-corrected chi connectivity index (χ4v) is 12.4. The highest BCUT2D eigenvalue weighted by Gasteiger charge is 2.36. The average molecular weight is 1070 g/mol. The summed E-state index contributed by atoms with van der Waals surface area (Å²) in [7, 11) is -4.66. The molecule has 3 aliphatic heterocycles. The van der Waals surface area contributed by atoms with E-state index in [9.17, 15) is 28.1 Å². The minimum Gasteiger partial charge on any atom is -0.456 e. The molecule has 1 aromatic heterocycles. The molecule has 3 fully saturated rings. The fourth-order valence-electron chi connectivity index (χ4n) is 10.4. The number of nitrogens with one attached hydrogen (secondary N) is 3. The van der Waals surface area contributed by atoms with Crippen molar-refractivity contribution in [3.05, 3.63) is 111 Å². The molecule has 3 N–H and O–H groups in total. The minimum atomic E-state index is -4.66. The van der Waals surface area contributed by atoms with Crippen molar-refractivity contribution < 1.29 is 37.1 Å². The number of sulfonamides is 1. The number of ether oxygens (including phenoxy) is 3. The molecule has 2 amide bonds. The van der Waals surface area contributed by atoms with E-state index in [1.807, 2.05) is 12.1 Å². The maximum absolute atomic E-state index is 14.4. The standard InChI is InChI=1S/C54H65ClN8O9S2/c1-53(2,3)72-52(65)58-51-57-45-14-11-41(31-49(45)73-51)71-48-30-40(61-26-24-60(25-27-61)34-36-16-21-54(4,5)33-44(36)35-6-8-37(55)9-7-35)10-13-43(48)50(64)59-74(68,69)42-12-15-46(47(32-42)63(66)67)62(38-17-22-56-23-18-38)39-19-28-70-29-20-39/h6-15,30-32,38-39,56H,16-29,33-34H2,1-5H3,(H,59,64)(H,57,58,65). The summed E-state index contributed by atoms with van der Waals surface area (Å²) in [5, 5.41) is 19.9. The first kappa shape index (κ1) is 53.0. The van der Waals surface area contributed by atoms with Gasteiger partial charge in [-0.15, -0.1) is 0 Å². The van der Waals surface area contributed by atoms with Crippen LogP contribution in [0.2, 0.25) is 5.02 Å². The molecule has 0 saturated carbocycles. The molecule has 74 heavy (non-hydrogen) atoms. The largest absolute Gasteiger partial charge is 0.456 e. The second-order valence-corrected chi connectivity index (χ2v) is 24.5. The number of amides is 2. The van der Waals surface area contributed by atoms with Crippen LogP contribution in [0.4, 0.5) is 27.0 Å². The Bertz CT molecular complexity index is 3010. The van der Waals surface area contributed by atoms with Crippen LogP contribution in [0.15, 0.2) is 89.3 Å². The summed E-state index contributed by atoms with van der Waals surface area (Å²) in [6.45, 7) is 16.3. The number of nitro groups is 1. The molecule has 4 aliphatic rings. The number of nitrogens with zero attached hydrogens (tertiary/aromatic N) is 5. The molecule has 0 bridgehead atoms. The number of thiazole rings is 1. The van der Waals surface area contributed by atoms with E-state index in [-0.39, 0.29) is 34.5 Å². The number of hydrogen-bond acceptors (Lipinski definition) is 15. The van der Waals surface area contributed by atoms with Gasteiger partial charge in [0.1, 0.15) is 22.8 Å². The quantitative estimate of drug-likeness (QED) is 0.0701. The normalized spacial score (nSPS) is 18.3. The van der Waals surface area contributed by atoms with Gasteiger partial charge in [-0.25, -0.2) is 22.9 Å². The summed E-state index contributed by atoms with van der Waals surface area (Å²) in [6, 6.07) is 22.2. The summed E-state index contributed by atoms with van der Waals surface area (Å²) in [4.78, 5) is 50.0. The molecule has 1 aliphatic carbocycles. The molecule has 394 valence electrons. The molecule has 0 spiro atoms. The van der Waals surface area contributed by atoms with E-state index in [1.54, 1.807) is 57.2 Å². The highest BCUT2D eigenvalue weighted by atomic mass is 35.5. The number of anilines is 3. The lowest BCUT2D eigenvalue weighted by molar-refractivity contribution is -0.384. The molecular formula is C54H65ClN8O9S2. The molecule has 0 radical (unpaired) electrons. The number of fused-ring (bicyclic) bond motifs is 1. The van der Waals surface area contributed by atoms with E-state index in [4.69, 9.17) is 25.8 Å². The first-order valence-electron chi connectivity index (χ1n) is 25.4. The van der Waals surface area contributed by atoms with Gasteiger partial charge in [-0.2, -0.15) is 0 Å². The van der Waals surface area contributed by atoms with Crippen molar-refractivity contribution in [2.45, 2.75) is 102 Å². The van der Waals surface area contributed by atoms with Crippen molar-refractivity contribution in [2.24, 2.45) is 5.41 Å². The van der Waals surface area contributed by atoms with E-state index < -0.39 is 37.4 Å². The zero-order valence-corrected chi connectivity index (χ0v) is 45.0. The first-order valence-corrected chi connectivity index (χ1v) is 28.0. The Morgan fingerprint density at radius 2 is 1.68 bits per heavy atom. The van der Waals surface area contributed by atoms with Crippen LogP contribution in [0, 0.1) is 15.5 Å². The van der Waals surface area contributed by atoms with Crippen LogP contribution < -0.4 is 29.9 Å². The number of allylic oxidation sites excluding steroid dienone is 1. The van der Waals surface area contributed by atoms with Crippen LogP contribution in [0.1, 0.15) is 95.5 Å². The van der Waals surface area contributed by atoms with Crippen molar-refractivity contribution in [2.75, 3.05) is 74.1 Å². The van der Waals surface area contributed by atoms with Crippen LogP contribution >= 0.6 is 22.9 Å². The van der Waals surface area contributed by atoms with Gasteiger partial charge in [0.05, 0.1) is 25.6 Å². The SMILES string of the molecule is CC1(C)CCC(CN2CCN(c3ccc(C(=O)NS(=O)(=O)c4ccc(N(C5CCNCC5)C5CCOCC5)c([N+](=O)[O-])c4)c(Oc4ccc5nc(NC(=O)OC(C)(C)C)sc5c4)c3)CC2)=C(c2ccc(Cl)cc2)C1. The first-order chi connectivity index (χ1) is 35.3. The molecule has 3 saturated heterocycles. The maximum Gasteiger partial charge on any atom is 0.413 e. The number of aromatic nitrogens is 1. The number of piperazine rings is 1. The molecule has 0 atom stereocenters. The molecule has 5 aromatic rings. The molecule has 0 unspecified atom stereocenters. The minimum absolute atomic E-state index is 0.0132. The highest BCUT2D eigenvalue weighted by molar-refractivity contribution is 7.90. The molecule has 4 aromatic carbocycles. The van der Waals surface area contributed by atoms with E-state index in [2.05, 4.69) is 61.0 Å². The zero-order chi connectivity index (χ0) is 52.4. The van der Waals surface area contributed by atoms with Crippen LogP contribution in [0.3, 0.4) is 0 Å². The van der Waals surface area contributed by atoms with Gasteiger partial charge in [0.2, 0.25) is 0 Å². The van der Waals surface area contributed by atoms with Crippen LogP contribution in [0.25, 0.3) is 15.8 Å². The molecular weight excluding hydrogens is 1000 g/mol. The van der Waals surface area contributed by atoms with Crippen molar-refractivity contribution in [3.63, 3.8) is 0 Å². The van der Waals surface area contributed by atoms with Gasteiger partial charge in [-0.3, -0.25) is 25.1 Å². The van der Waals surface area contributed by atoms with Gasteiger partial charge in [-0.05, 0) is 144 Å². The topological polar surface area (TPSA) is 198 Å². The Hall–Kier alpha value is -5.83.